The number of nitriles is 1. The molecule has 0 aliphatic rings. The van der Waals surface area contributed by atoms with E-state index < -0.39 is 12.0 Å². The molecule has 0 saturated heterocycles. The zero-order valence-corrected chi connectivity index (χ0v) is 9.34. The average Bonchev–Trinajstić information content (AvgIpc) is 2.21. The Labute approximate surface area is 94.7 Å². The second-order valence-electron chi connectivity index (χ2n) is 3.75. The highest BCUT2D eigenvalue weighted by Crippen LogP contribution is 2.18. The Morgan fingerprint density at radius 1 is 1.50 bits per heavy atom. The van der Waals surface area contributed by atoms with E-state index in [0.29, 0.717) is 0 Å². The Balaban J connectivity index is 2.86. The summed E-state index contributed by atoms with van der Waals surface area (Å²) in [6.45, 7) is 1.82. The highest BCUT2D eigenvalue weighted by atomic mass is 16.4. The van der Waals surface area contributed by atoms with Crippen LogP contribution in [0.5, 0.6) is 0 Å². The van der Waals surface area contributed by atoms with E-state index in [-0.39, 0.29) is 6.54 Å². The fourth-order valence-electron chi connectivity index (χ4n) is 1.48. The van der Waals surface area contributed by atoms with E-state index in [1.165, 1.54) is 4.90 Å². The first-order chi connectivity index (χ1) is 7.54. The summed E-state index contributed by atoms with van der Waals surface area (Å²) in [5, 5.41) is 17.7. The standard InChI is InChI=1S/C12H14N2O2/c1-9-3-5-10(6-4-9)11(7-13)14(2)8-12(15)16/h3-6,11H,8H2,1-2H3,(H,15,16). The first kappa shape index (κ1) is 12.2. The Hall–Kier alpha value is -1.86. The minimum Gasteiger partial charge on any atom is -0.480 e. The van der Waals surface area contributed by atoms with Crippen molar-refractivity contribution in [2.45, 2.75) is 13.0 Å². The van der Waals surface area contributed by atoms with Gasteiger partial charge in [-0.2, -0.15) is 5.26 Å². The number of likely N-dealkylation sites (N-methyl/N-ethyl adjacent to an activating group) is 1. The molecular weight excluding hydrogens is 204 g/mol. The van der Waals surface area contributed by atoms with Crippen LogP contribution in [-0.4, -0.2) is 29.6 Å². The van der Waals surface area contributed by atoms with Gasteiger partial charge in [0.2, 0.25) is 0 Å². The third kappa shape index (κ3) is 3.07. The molecule has 4 nitrogen and oxygen atoms in total. The molecule has 1 atom stereocenters. The normalized spacial score (nSPS) is 12.1. The number of carbonyl (C=O) groups is 1. The van der Waals surface area contributed by atoms with Gasteiger partial charge in [-0.05, 0) is 19.5 Å². The van der Waals surface area contributed by atoms with Gasteiger partial charge in [0.05, 0.1) is 12.6 Å². The van der Waals surface area contributed by atoms with Gasteiger partial charge in [0.15, 0.2) is 0 Å². The Kier molecular flexibility index (Phi) is 4.03. The van der Waals surface area contributed by atoms with Gasteiger partial charge in [-0.15, -0.1) is 0 Å². The van der Waals surface area contributed by atoms with Crippen LogP contribution in [0, 0.1) is 18.3 Å². The fourth-order valence-corrected chi connectivity index (χ4v) is 1.48. The van der Waals surface area contributed by atoms with Crippen LogP contribution in [0.4, 0.5) is 0 Å². The van der Waals surface area contributed by atoms with Crippen molar-refractivity contribution in [1.82, 2.24) is 4.90 Å². The number of carboxylic acids is 1. The molecule has 0 aliphatic carbocycles. The maximum Gasteiger partial charge on any atom is 0.317 e. The van der Waals surface area contributed by atoms with Crippen molar-refractivity contribution >= 4 is 5.97 Å². The molecule has 1 unspecified atom stereocenters. The van der Waals surface area contributed by atoms with Crippen molar-refractivity contribution in [3.63, 3.8) is 0 Å². The summed E-state index contributed by atoms with van der Waals surface area (Å²) in [5.74, 6) is -0.935. The number of nitrogens with zero attached hydrogens (tertiary/aromatic N) is 2. The molecular formula is C12H14N2O2. The lowest BCUT2D eigenvalue weighted by molar-refractivity contribution is -0.138. The van der Waals surface area contributed by atoms with E-state index in [0.717, 1.165) is 11.1 Å². The van der Waals surface area contributed by atoms with Crippen molar-refractivity contribution < 1.29 is 9.90 Å². The monoisotopic (exact) mass is 218 g/mol. The van der Waals surface area contributed by atoms with Gasteiger partial charge in [-0.25, -0.2) is 0 Å². The van der Waals surface area contributed by atoms with Crippen LogP contribution in [0.2, 0.25) is 0 Å². The zero-order chi connectivity index (χ0) is 12.1. The van der Waals surface area contributed by atoms with Crippen LogP contribution in [0.3, 0.4) is 0 Å². The molecule has 0 radical (unpaired) electrons. The Bertz CT molecular complexity index is 406. The van der Waals surface area contributed by atoms with E-state index in [9.17, 15) is 4.79 Å². The number of aryl methyl sites for hydroxylation is 1. The predicted octanol–water partition coefficient (Wildman–Crippen LogP) is 1.58. The lowest BCUT2D eigenvalue weighted by atomic mass is 10.1. The lowest BCUT2D eigenvalue weighted by Crippen LogP contribution is -2.29. The van der Waals surface area contributed by atoms with Gasteiger partial charge >= 0.3 is 5.97 Å². The van der Waals surface area contributed by atoms with Crippen molar-refractivity contribution in [3.05, 3.63) is 35.4 Å². The molecule has 0 heterocycles. The second kappa shape index (κ2) is 5.29. The SMILES string of the molecule is Cc1ccc(C(C#N)N(C)CC(=O)O)cc1. The first-order valence-electron chi connectivity index (χ1n) is 4.93. The topological polar surface area (TPSA) is 64.3 Å². The maximum absolute atomic E-state index is 10.6. The van der Waals surface area contributed by atoms with Gasteiger partial charge in [0.25, 0.3) is 0 Å². The predicted molar refractivity (Wildman–Crippen MR) is 59.8 cm³/mol. The molecule has 1 aromatic carbocycles. The summed E-state index contributed by atoms with van der Waals surface area (Å²) in [5.41, 5.74) is 1.93. The van der Waals surface area contributed by atoms with Gasteiger partial charge in [-0.1, -0.05) is 29.8 Å². The molecule has 0 bridgehead atoms. The minimum absolute atomic E-state index is 0.147. The number of rotatable bonds is 4. The van der Waals surface area contributed by atoms with E-state index in [4.69, 9.17) is 10.4 Å². The molecule has 1 N–H and O–H groups in total. The van der Waals surface area contributed by atoms with Gasteiger partial charge in [-0.3, -0.25) is 9.69 Å². The summed E-state index contributed by atoms with van der Waals surface area (Å²) >= 11 is 0. The summed E-state index contributed by atoms with van der Waals surface area (Å²) in [6.07, 6.45) is 0. The number of hydrogen-bond acceptors (Lipinski definition) is 3. The Morgan fingerprint density at radius 3 is 2.50 bits per heavy atom. The number of benzene rings is 1. The fraction of sp³-hybridized carbons (Fsp3) is 0.333. The lowest BCUT2D eigenvalue weighted by Gasteiger charge is -2.20. The van der Waals surface area contributed by atoms with Crippen LogP contribution in [-0.2, 0) is 4.79 Å². The maximum atomic E-state index is 10.6. The third-order valence-electron chi connectivity index (χ3n) is 2.34. The number of carboxylic acid groups (broad SMARTS) is 1. The quantitative estimate of drug-likeness (QED) is 0.833. The van der Waals surface area contributed by atoms with Crippen molar-refractivity contribution in [2.24, 2.45) is 0 Å². The van der Waals surface area contributed by atoms with Gasteiger partial charge in [0.1, 0.15) is 6.04 Å². The summed E-state index contributed by atoms with van der Waals surface area (Å²) in [4.78, 5) is 12.1. The molecule has 1 aromatic rings. The second-order valence-corrected chi connectivity index (χ2v) is 3.75. The molecule has 84 valence electrons. The van der Waals surface area contributed by atoms with Crippen LogP contribution in [0.1, 0.15) is 17.2 Å². The van der Waals surface area contributed by atoms with E-state index in [1.54, 1.807) is 7.05 Å². The van der Waals surface area contributed by atoms with Gasteiger partial charge in [0, 0.05) is 0 Å². The van der Waals surface area contributed by atoms with Crippen molar-refractivity contribution in [1.29, 1.82) is 5.26 Å². The molecule has 0 aromatic heterocycles. The van der Waals surface area contributed by atoms with E-state index >= 15 is 0 Å². The zero-order valence-electron chi connectivity index (χ0n) is 9.34. The third-order valence-corrected chi connectivity index (χ3v) is 2.34. The highest BCUT2D eigenvalue weighted by molar-refractivity contribution is 5.69. The average molecular weight is 218 g/mol. The molecule has 0 fully saturated rings. The highest BCUT2D eigenvalue weighted by Gasteiger charge is 2.18. The van der Waals surface area contributed by atoms with E-state index in [2.05, 4.69) is 6.07 Å². The molecule has 16 heavy (non-hydrogen) atoms. The molecule has 0 saturated carbocycles. The smallest absolute Gasteiger partial charge is 0.317 e. The van der Waals surface area contributed by atoms with E-state index in [1.807, 2.05) is 31.2 Å². The van der Waals surface area contributed by atoms with Crippen LogP contribution in [0.15, 0.2) is 24.3 Å². The summed E-state index contributed by atoms with van der Waals surface area (Å²) in [6, 6.07) is 9.11. The molecule has 0 spiro atoms. The van der Waals surface area contributed by atoms with Crippen LogP contribution >= 0.6 is 0 Å². The summed E-state index contributed by atoms with van der Waals surface area (Å²) < 4.78 is 0. The van der Waals surface area contributed by atoms with Crippen molar-refractivity contribution in [3.8, 4) is 6.07 Å². The molecule has 0 aliphatic heterocycles. The largest absolute Gasteiger partial charge is 0.480 e. The molecule has 4 heteroatoms. The molecule has 1 rings (SSSR count). The Morgan fingerprint density at radius 2 is 2.06 bits per heavy atom. The minimum atomic E-state index is -0.935. The number of aliphatic carboxylic acids is 1. The van der Waals surface area contributed by atoms with Crippen molar-refractivity contribution in [2.75, 3.05) is 13.6 Å². The van der Waals surface area contributed by atoms with Crippen LogP contribution < -0.4 is 0 Å². The summed E-state index contributed by atoms with van der Waals surface area (Å²) in [7, 11) is 1.63. The van der Waals surface area contributed by atoms with Crippen LogP contribution in [0.25, 0.3) is 0 Å². The first-order valence-corrected chi connectivity index (χ1v) is 4.93. The van der Waals surface area contributed by atoms with Gasteiger partial charge < -0.3 is 5.11 Å². The molecule has 0 amide bonds. The number of hydrogen-bond donors (Lipinski definition) is 1.